The van der Waals surface area contributed by atoms with Crippen molar-refractivity contribution >= 4 is 29.1 Å². The maximum absolute atomic E-state index is 13.8. The molecule has 3 heterocycles. The van der Waals surface area contributed by atoms with Crippen molar-refractivity contribution in [3.8, 4) is 17.1 Å². The van der Waals surface area contributed by atoms with Gasteiger partial charge in [-0.25, -0.2) is 9.79 Å². The fourth-order valence-corrected chi connectivity index (χ4v) is 5.79. The summed E-state index contributed by atoms with van der Waals surface area (Å²) in [5.74, 6) is 1.10. The Hall–Kier alpha value is -4.77. The first-order valence-corrected chi connectivity index (χ1v) is 13.8. The summed E-state index contributed by atoms with van der Waals surface area (Å²) in [7, 11) is 0. The molecule has 0 spiro atoms. The Kier molecular flexibility index (Phi) is 7.71. The molecule has 0 saturated carbocycles. The number of aryl methyl sites for hydroxylation is 1. The number of allylic oxidation sites excluding steroid dienone is 1. The van der Waals surface area contributed by atoms with Gasteiger partial charge < -0.3 is 13.9 Å². The number of nitro benzene ring substituents is 1. The Morgan fingerprint density at radius 3 is 2.54 bits per heavy atom. The van der Waals surface area contributed by atoms with E-state index >= 15 is 0 Å². The van der Waals surface area contributed by atoms with Gasteiger partial charge in [0.05, 0.1) is 40.0 Å². The summed E-state index contributed by atoms with van der Waals surface area (Å²) < 4.78 is 18.8. The second kappa shape index (κ2) is 11.4. The third-order valence-electron chi connectivity index (χ3n) is 6.61. The average Bonchev–Trinajstić information content (AvgIpc) is 3.52. The highest BCUT2D eigenvalue weighted by Crippen LogP contribution is 2.32. The number of aromatic nitrogens is 1. The molecule has 0 amide bonds. The maximum atomic E-state index is 13.8. The molecule has 4 aromatic rings. The molecule has 11 heteroatoms. The van der Waals surface area contributed by atoms with E-state index in [4.69, 9.17) is 13.9 Å². The molecule has 2 aromatic heterocycles. The molecule has 1 atom stereocenters. The Morgan fingerprint density at radius 1 is 1.12 bits per heavy atom. The lowest BCUT2D eigenvalue weighted by Crippen LogP contribution is -2.39. The number of nitrogens with zero attached hydrogens (tertiary/aromatic N) is 3. The fourth-order valence-electron chi connectivity index (χ4n) is 4.76. The van der Waals surface area contributed by atoms with Gasteiger partial charge in [-0.15, -0.1) is 0 Å². The summed E-state index contributed by atoms with van der Waals surface area (Å²) in [6.07, 6.45) is 1.63. The number of ether oxygens (including phenoxy) is 2. The lowest BCUT2D eigenvalue weighted by Gasteiger charge is -2.24. The molecule has 0 N–H and O–H groups in total. The van der Waals surface area contributed by atoms with Crippen LogP contribution in [-0.2, 0) is 9.53 Å². The van der Waals surface area contributed by atoms with Gasteiger partial charge in [-0.3, -0.25) is 19.5 Å². The van der Waals surface area contributed by atoms with Crippen molar-refractivity contribution in [2.45, 2.75) is 33.7 Å². The number of thiazole rings is 1. The standard InChI is InChI=1S/C30H27N3O7S/c1-5-38-21-10-7-19(8-11-21)27-26(29(35)39-6-2)18(4)31-30-32(27)28(34)25(41-30)16-22-12-14-24(40-22)23-13-9-20(33(36)37)15-17(23)3/h7-16,27H,5-6H2,1-4H3/b25-16-/t27-/m1/s1. The minimum absolute atomic E-state index is 0.00120. The Morgan fingerprint density at radius 2 is 1.88 bits per heavy atom. The van der Waals surface area contributed by atoms with Crippen molar-refractivity contribution in [2.24, 2.45) is 4.99 Å². The van der Waals surface area contributed by atoms with Crippen LogP contribution in [0.15, 0.2) is 80.1 Å². The molecular formula is C30H27N3O7S. The predicted octanol–water partition coefficient (Wildman–Crippen LogP) is 4.67. The SMILES string of the molecule is CCOC(=O)C1=C(C)N=c2s/c(=C\c3ccc(-c4ccc([N+](=O)[O-])cc4C)o3)c(=O)n2[C@@H]1c1ccc(OCC)cc1. The van der Waals surface area contributed by atoms with Gasteiger partial charge in [0, 0.05) is 23.8 Å². The Bertz CT molecular complexity index is 1860. The summed E-state index contributed by atoms with van der Waals surface area (Å²) >= 11 is 1.19. The monoisotopic (exact) mass is 573 g/mol. The Labute approximate surface area is 238 Å². The van der Waals surface area contributed by atoms with Gasteiger partial charge in [0.15, 0.2) is 4.80 Å². The average molecular weight is 574 g/mol. The number of rotatable bonds is 8. The van der Waals surface area contributed by atoms with Crippen LogP contribution in [0, 0.1) is 17.0 Å². The molecular weight excluding hydrogens is 546 g/mol. The van der Waals surface area contributed by atoms with Crippen LogP contribution in [0.1, 0.15) is 43.7 Å². The van der Waals surface area contributed by atoms with Crippen LogP contribution in [0.3, 0.4) is 0 Å². The normalized spacial score (nSPS) is 14.9. The molecule has 2 aromatic carbocycles. The number of carbonyl (C=O) groups excluding carboxylic acids is 1. The second-order valence-corrected chi connectivity index (χ2v) is 10.3. The highest BCUT2D eigenvalue weighted by atomic mass is 32.1. The molecule has 10 nitrogen and oxygen atoms in total. The van der Waals surface area contributed by atoms with Crippen molar-refractivity contribution in [3.05, 3.63) is 113 Å². The third-order valence-corrected chi connectivity index (χ3v) is 7.59. The number of non-ortho nitro benzene ring substituents is 1. The number of hydrogen-bond donors (Lipinski definition) is 0. The zero-order valence-corrected chi connectivity index (χ0v) is 23.7. The van der Waals surface area contributed by atoms with Gasteiger partial charge in [-0.2, -0.15) is 0 Å². The molecule has 0 saturated heterocycles. The van der Waals surface area contributed by atoms with Crippen molar-refractivity contribution < 1.29 is 23.6 Å². The van der Waals surface area contributed by atoms with Gasteiger partial charge in [0.2, 0.25) is 0 Å². The third kappa shape index (κ3) is 5.36. The van der Waals surface area contributed by atoms with Gasteiger partial charge in [-0.05, 0) is 69.2 Å². The lowest BCUT2D eigenvalue weighted by atomic mass is 9.96. The lowest BCUT2D eigenvalue weighted by molar-refractivity contribution is -0.384. The maximum Gasteiger partial charge on any atom is 0.338 e. The van der Waals surface area contributed by atoms with Crippen LogP contribution in [-0.4, -0.2) is 28.7 Å². The largest absolute Gasteiger partial charge is 0.494 e. The molecule has 0 bridgehead atoms. The van der Waals surface area contributed by atoms with E-state index in [1.54, 1.807) is 57.2 Å². The number of fused-ring (bicyclic) bond motifs is 1. The molecule has 210 valence electrons. The van der Waals surface area contributed by atoms with Crippen LogP contribution < -0.4 is 19.6 Å². The summed E-state index contributed by atoms with van der Waals surface area (Å²) in [5.41, 5.74) is 2.56. The Balaban J connectivity index is 1.59. The molecule has 1 aliphatic rings. The molecule has 1 aliphatic heterocycles. The van der Waals surface area contributed by atoms with E-state index in [0.29, 0.717) is 61.2 Å². The topological polar surface area (TPSA) is 126 Å². The van der Waals surface area contributed by atoms with Crippen molar-refractivity contribution in [3.63, 3.8) is 0 Å². The summed E-state index contributed by atoms with van der Waals surface area (Å²) in [6, 6.07) is 14.6. The minimum atomic E-state index is -0.738. The van der Waals surface area contributed by atoms with Crippen molar-refractivity contribution in [1.29, 1.82) is 0 Å². The quantitative estimate of drug-likeness (QED) is 0.170. The molecule has 0 radical (unpaired) electrons. The van der Waals surface area contributed by atoms with Crippen LogP contribution >= 0.6 is 11.3 Å². The zero-order chi connectivity index (χ0) is 29.3. The van der Waals surface area contributed by atoms with Crippen molar-refractivity contribution in [2.75, 3.05) is 13.2 Å². The van der Waals surface area contributed by atoms with Gasteiger partial charge >= 0.3 is 5.97 Å². The highest BCUT2D eigenvalue weighted by Gasteiger charge is 2.33. The van der Waals surface area contributed by atoms with Crippen LogP contribution in [0.25, 0.3) is 17.4 Å². The molecule has 0 aliphatic carbocycles. The number of hydrogen-bond acceptors (Lipinski definition) is 9. The van der Waals surface area contributed by atoms with E-state index in [1.165, 1.54) is 28.0 Å². The van der Waals surface area contributed by atoms with E-state index in [-0.39, 0.29) is 17.9 Å². The molecule has 41 heavy (non-hydrogen) atoms. The number of carbonyl (C=O) groups is 1. The summed E-state index contributed by atoms with van der Waals surface area (Å²) in [4.78, 5) is 42.6. The molecule has 0 fully saturated rings. The van der Waals surface area contributed by atoms with Gasteiger partial charge in [0.25, 0.3) is 11.2 Å². The van der Waals surface area contributed by atoms with E-state index in [0.717, 1.165) is 0 Å². The van der Waals surface area contributed by atoms with Gasteiger partial charge in [-0.1, -0.05) is 23.5 Å². The summed E-state index contributed by atoms with van der Waals surface area (Å²) in [5, 5.41) is 11.1. The molecule has 5 rings (SSSR count). The fraction of sp³-hybridized carbons (Fsp3) is 0.233. The predicted molar refractivity (Wildman–Crippen MR) is 154 cm³/mol. The van der Waals surface area contributed by atoms with Crippen LogP contribution in [0.5, 0.6) is 5.75 Å². The van der Waals surface area contributed by atoms with Gasteiger partial charge in [0.1, 0.15) is 17.3 Å². The van der Waals surface area contributed by atoms with E-state index in [1.807, 2.05) is 19.1 Å². The second-order valence-electron chi connectivity index (χ2n) is 9.26. The minimum Gasteiger partial charge on any atom is -0.494 e. The highest BCUT2D eigenvalue weighted by molar-refractivity contribution is 7.07. The number of benzene rings is 2. The molecule has 0 unspecified atom stereocenters. The summed E-state index contributed by atoms with van der Waals surface area (Å²) in [6.45, 7) is 7.82. The van der Waals surface area contributed by atoms with Crippen LogP contribution in [0.4, 0.5) is 5.69 Å². The van der Waals surface area contributed by atoms with Crippen molar-refractivity contribution in [1.82, 2.24) is 4.57 Å². The number of esters is 1. The first-order valence-electron chi connectivity index (χ1n) is 13.0. The van der Waals surface area contributed by atoms with E-state index < -0.39 is 16.9 Å². The van der Waals surface area contributed by atoms with E-state index in [2.05, 4.69) is 4.99 Å². The van der Waals surface area contributed by atoms with E-state index in [9.17, 15) is 19.7 Å². The van der Waals surface area contributed by atoms with Crippen LogP contribution in [0.2, 0.25) is 0 Å². The first kappa shape index (κ1) is 27.8. The number of nitro groups is 1. The zero-order valence-electron chi connectivity index (χ0n) is 22.9. The number of furan rings is 1. The smallest absolute Gasteiger partial charge is 0.338 e. The first-order chi connectivity index (χ1) is 19.7.